The molecule has 2 atom stereocenters. The number of para-hydroxylation sites is 1. The fraction of sp³-hybridized carbons (Fsp3) is 0.296. The van der Waals surface area contributed by atoms with Crippen LogP contribution in [0.15, 0.2) is 42.5 Å². The lowest BCUT2D eigenvalue weighted by atomic mass is 9.85. The first-order valence-electron chi connectivity index (χ1n) is 11.3. The quantitative estimate of drug-likeness (QED) is 0.272. The van der Waals surface area contributed by atoms with E-state index in [-0.39, 0.29) is 51.6 Å². The summed E-state index contributed by atoms with van der Waals surface area (Å²) in [6.07, 6.45) is -1.11. The fourth-order valence-corrected chi connectivity index (χ4v) is 4.12. The molecule has 0 saturated heterocycles. The monoisotopic (exact) mass is 530 g/mol. The summed E-state index contributed by atoms with van der Waals surface area (Å²) in [5.74, 6) is -2.04. The van der Waals surface area contributed by atoms with Crippen molar-refractivity contribution < 1.29 is 53.6 Å². The zero-order valence-electron chi connectivity index (χ0n) is 21.5. The normalized spacial score (nSPS) is 12.3. The summed E-state index contributed by atoms with van der Waals surface area (Å²) < 4.78 is 32.9. The Labute approximate surface area is 219 Å². The first-order chi connectivity index (χ1) is 18.2. The molecule has 0 amide bonds. The van der Waals surface area contributed by atoms with Crippen molar-refractivity contribution in [2.75, 3.05) is 42.2 Å². The van der Waals surface area contributed by atoms with Crippen LogP contribution in [0.1, 0.15) is 27.4 Å². The van der Waals surface area contributed by atoms with E-state index in [1.807, 2.05) is 0 Å². The Morgan fingerprint density at radius 3 is 1.74 bits per heavy atom. The summed E-state index contributed by atoms with van der Waals surface area (Å²) in [5, 5.41) is 41.5. The molecule has 0 bridgehead atoms. The van der Waals surface area contributed by atoms with Gasteiger partial charge in [0.05, 0.1) is 53.6 Å². The van der Waals surface area contributed by atoms with Gasteiger partial charge in [0, 0.05) is 5.56 Å². The zero-order valence-corrected chi connectivity index (χ0v) is 21.5. The molecule has 0 aliphatic carbocycles. The van der Waals surface area contributed by atoms with E-state index in [9.17, 15) is 25.2 Å². The van der Waals surface area contributed by atoms with Crippen LogP contribution < -0.4 is 28.4 Å². The molecule has 38 heavy (non-hydrogen) atoms. The van der Waals surface area contributed by atoms with Crippen molar-refractivity contribution in [2.45, 2.75) is 12.0 Å². The number of ether oxygens (including phenoxy) is 6. The first kappa shape index (κ1) is 28.1. The van der Waals surface area contributed by atoms with Crippen LogP contribution in [0.4, 0.5) is 0 Å². The number of rotatable bonds is 12. The van der Waals surface area contributed by atoms with Gasteiger partial charge in [0.15, 0.2) is 34.5 Å². The number of aliphatic hydroxyl groups excluding tert-OH is 1. The minimum atomic E-state index is -1.20. The molecule has 0 aliphatic rings. The van der Waals surface area contributed by atoms with E-state index in [0.29, 0.717) is 11.1 Å². The second-order valence-electron chi connectivity index (χ2n) is 8.00. The van der Waals surface area contributed by atoms with Crippen molar-refractivity contribution >= 4 is 5.97 Å². The van der Waals surface area contributed by atoms with Gasteiger partial charge in [0.1, 0.15) is 6.10 Å². The van der Waals surface area contributed by atoms with Crippen LogP contribution in [0.5, 0.6) is 46.0 Å². The van der Waals surface area contributed by atoms with Crippen LogP contribution in [0.2, 0.25) is 0 Å². The predicted octanol–water partition coefficient (Wildman–Crippen LogP) is 3.41. The molecule has 0 aliphatic heterocycles. The first-order valence-corrected chi connectivity index (χ1v) is 11.3. The lowest BCUT2D eigenvalue weighted by Gasteiger charge is -2.30. The number of aromatic hydroxyl groups is 2. The summed E-state index contributed by atoms with van der Waals surface area (Å²) in [4.78, 5) is 11.6. The number of carbonyl (C=O) groups is 1. The maximum atomic E-state index is 11.6. The second-order valence-corrected chi connectivity index (χ2v) is 8.00. The summed E-state index contributed by atoms with van der Waals surface area (Å²) in [5.41, 5.74) is 0.666. The highest BCUT2D eigenvalue weighted by molar-refractivity contribution is 5.89. The fourth-order valence-electron chi connectivity index (χ4n) is 4.12. The number of carboxylic acids is 1. The molecule has 11 heteroatoms. The maximum absolute atomic E-state index is 11.6. The van der Waals surface area contributed by atoms with Gasteiger partial charge in [-0.1, -0.05) is 12.1 Å². The van der Waals surface area contributed by atoms with Gasteiger partial charge in [-0.15, -0.1) is 0 Å². The number of hydrogen-bond acceptors (Lipinski definition) is 10. The lowest BCUT2D eigenvalue weighted by molar-refractivity contribution is 0.0694. The average Bonchev–Trinajstić information content (AvgIpc) is 2.93. The van der Waals surface area contributed by atoms with E-state index in [1.54, 1.807) is 18.2 Å². The standard InChI is InChI=1S/C27H30O11/c1-33-17-8-6-7-16(24(17)29)23(14-9-18(34-2)25(30)19(10-14)35-3)22(13-28)38-26-20(36-4)11-15(27(31)32)12-21(26)37-5/h6-12,22-23,28-30H,13H2,1-5H3,(H,31,32). The molecule has 0 heterocycles. The van der Waals surface area contributed by atoms with Gasteiger partial charge in [-0.05, 0) is 35.9 Å². The van der Waals surface area contributed by atoms with Crippen LogP contribution in [0, 0.1) is 0 Å². The minimum Gasteiger partial charge on any atom is -0.504 e. The number of phenols is 2. The third-order valence-corrected chi connectivity index (χ3v) is 5.97. The Kier molecular flexibility index (Phi) is 8.98. The molecule has 3 aromatic carbocycles. The van der Waals surface area contributed by atoms with E-state index < -0.39 is 24.6 Å². The molecule has 0 saturated carbocycles. The molecular weight excluding hydrogens is 500 g/mol. The summed E-state index contributed by atoms with van der Waals surface area (Å²) >= 11 is 0. The topological polar surface area (TPSA) is 153 Å². The zero-order chi connectivity index (χ0) is 28.0. The SMILES string of the molecule is COc1cc(C(c2cccc(OC)c2O)C(CO)Oc2c(OC)cc(C(=O)O)cc2OC)cc(OC)c1O. The number of carboxylic acid groups (broad SMARTS) is 1. The molecule has 0 aromatic heterocycles. The van der Waals surface area contributed by atoms with E-state index in [4.69, 9.17) is 28.4 Å². The number of benzene rings is 3. The molecule has 2 unspecified atom stereocenters. The van der Waals surface area contributed by atoms with Crippen molar-refractivity contribution in [3.8, 4) is 46.0 Å². The van der Waals surface area contributed by atoms with Crippen molar-refractivity contribution in [3.05, 3.63) is 59.2 Å². The largest absolute Gasteiger partial charge is 0.504 e. The van der Waals surface area contributed by atoms with Crippen molar-refractivity contribution in [1.29, 1.82) is 0 Å². The summed E-state index contributed by atoms with van der Waals surface area (Å²) in [6, 6.07) is 10.4. The van der Waals surface area contributed by atoms with E-state index in [0.717, 1.165) is 0 Å². The predicted molar refractivity (Wildman–Crippen MR) is 136 cm³/mol. The second kappa shape index (κ2) is 12.2. The molecule has 4 N–H and O–H groups in total. The molecule has 11 nitrogen and oxygen atoms in total. The van der Waals surface area contributed by atoms with Gasteiger partial charge in [-0.25, -0.2) is 4.79 Å². The smallest absolute Gasteiger partial charge is 0.335 e. The average molecular weight is 531 g/mol. The number of hydrogen-bond donors (Lipinski definition) is 4. The van der Waals surface area contributed by atoms with Crippen LogP contribution >= 0.6 is 0 Å². The van der Waals surface area contributed by atoms with E-state index in [1.165, 1.54) is 59.8 Å². The highest BCUT2D eigenvalue weighted by atomic mass is 16.5. The van der Waals surface area contributed by atoms with Crippen LogP contribution in [-0.4, -0.2) is 74.7 Å². The Bertz CT molecular complexity index is 1240. The Hall–Kier alpha value is -4.51. The highest BCUT2D eigenvalue weighted by Gasteiger charge is 2.33. The molecule has 0 radical (unpaired) electrons. The van der Waals surface area contributed by atoms with Gasteiger partial charge >= 0.3 is 5.97 Å². The third-order valence-electron chi connectivity index (χ3n) is 5.97. The van der Waals surface area contributed by atoms with Crippen LogP contribution in [0.3, 0.4) is 0 Å². The Morgan fingerprint density at radius 1 is 0.763 bits per heavy atom. The van der Waals surface area contributed by atoms with E-state index >= 15 is 0 Å². The third kappa shape index (κ3) is 5.42. The van der Waals surface area contributed by atoms with Gasteiger partial charge in [0.2, 0.25) is 11.5 Å². The van der Waals surface area contributed by atoms with Crippen molar-refractivity contribution in [1.82, 2.24) is 0 Å². The van der Waals surface area contributed by atoms with Crippen LogP contribution in [0.25, 0.3) is 0 Å². The summed E-state index contributed by atoms with van der Waals surface area (Å²) in [7, 11) is 6.82. The molecule has 3 aromatic rings. The van der Waals surface area contributed by atoms with Gasteiger partial charge in [-0.3, -0.25) is 0 Å². The van der Waals surface area contributed by atoms with Gasteiger partial charge in [0.25, 0.3) is 0 Å². The Balaban J connectivity index is 2.27. The van der Waals surface area contributed by atoms with Gasteiger partial charge < -0.3 is 48.8 Å². The molecule has 0 fully saturated rings. The number of aliphatic hydroxyl groups is 1. The number of methoxy groups -OCH3 is 5. The highest BCUT2D eigenvalue weighted by Crippen LogP contribution is 2.47. The lowest BCUT2D eigenvalue weighted by Crippen LogP contribution is -2.30. The number of phenolic OH excluding ortho intramolecular Hbond substituents is 2. The molecule has 204 valence electrons. The van der Waals surface area contributed by atoms with E-state index in [2.05, 4.69) is 0 Å². The van der Waals surface area contributed by atoms with Gasteiger partial charge in [-0.2, -0.15) is 0 Å². The molecule has 3 rings (SSSR count). The molecule has 0 spiro atoms. The Morgan fingerprint density at radius 2 is 1.29 bits per heavy atom. The van der Waals surface area contributed by atoms with Crippen molar-refractivity contribution in [3.63, 3.8) is 0 Å². The van der Waals surface area contributed by atoms with Crippen LogP contribution in [-0.2, 0) is 0 Å². The number of aromatic carboxylic acids is 1. The minimum absolute atomic E-state index is 0.0316. The molecular formula is C27H30O11. The van der Waals surface area contributed by atoms with Crippen molar-refractivity contribution in [2.24, 2.45) is 0 Å². The maximum Gasteiger partial charge on any atom is 0.335 e. The summed E-state index contributed by atoms with van der Waals surface area (Å²) in [6.45, 7) is -0.570.